The van der Waals surface area contributed by atoms with Crippen molar-refractivity contribution in [3.8, 4) is 5.75 Å². The maximum Gasteiger partial charge on any atom is 0.409 e. The topological polar surface area (TPSA) is 51.7 Å². The van der Waals surface area contributed by atoms with E-state index in [4.69, 9.17) is 9.47 Å². The Balaban J connectivity index is 1.41. The van der Waals surface area contributed by atoms with Gasteiger partial charge in [-0.15, -0.1) is 0 Å². The van der Waals surface area contributed by atoms with Crippen LogP contribution in [0, 0.1) is 28.6 Å². The monoisotopic (exact) mass is 438 g/mol. The number of carbonyl (C=O) groups excluding carboxylic acids is 1. The number of rotatable bonds is 3. The molecule has 0 N–H and O–H groups in total. The van der Waals surface area contributed by atoms with E-state index in [1.165, 1.54) is 43.9 Å². The molecule has 0 radical (unpaired) electrons. The zero-order chi connectivity index (χ0) is 22.5. The van der Waals surface area contributed by atoms with E-state index in [2.05, 4.69) is 35.9 Å². The molecule has 4 aliphatic rings. The molecule has 2 heterocycles. The van der Waals surface area contributed by atoms with Crippen LogP contribution in [0.15, 0.2) is 24.5 Å². The quantitative estimate of drug-likeness (QED) is 0.585. The fourth-order valence-electron chi connectivity index (χ4n) is 8.25. The number of nitrogens with zero attached hydrogens (tertiary/aromatic N) is 2. The van der Waals surface area contributed by atoms with Crippen LogP contribution in [0.1, 0.15) is 71.3 Å². The van der Waals surface area contributed by atoms with Crippen molar-refractivity contribution in [3.63, 3.8) is 0 Å². The molecule has 1 aromatic rings. The minimum atomic E-state index is -0.133. The lowest BCUT2D eigenvalue weighted by molar-refractivity contribution is -0.109. The molecule has 3 fully saturated rings. The van der Waals surface area contributed by atoms with E-state index in [9.17, 15) is 4.79 Å². The zero-order valence-corrected chi connectivity index (χ0v) is 20.1. The van der Waals surface area contributed by atoms with E-state index in [0.717, 1.165) is 37.5 Å². The number of piperidine rings is 1. The molecule has 5 heteroatoms. The SMILES string of the molecule is CCOc1cncc(C2=CC[C@H]3[C@@H]4CCC5N(C(=O)OC)CCC[C@]5(C)[C@H]4CC[C@]23C)c1. The molecule has 1 amide bonds. The van der Waals surface area contributed by atoms with Gasteiger partial charge in [0.2, 0.25) is 0 Å². The lowest BCUT2D eigenvalue weighted by Gasteiger charge is -2.62. The van der Waals surface area contributed by atoms with Crippen molar-refractivity contribution in [1.29, 1.82) is 0 Å². The second kappa shape index (κ2) is 8.07. The van der Waals surface area contributed by atoms with Crippen LogP contribution in [-0.4, -0.2) is 42.3 Å². The van der Waals surface area contributed by atoms with Gasteiger partial charge in [0, 0.05) is 18.8 Å². The number of likely N-dealkylation sites (tertiary alicyclic amines) is 1. The summed E-state index contributed by atoms with van der Waals surface area (Å²) < 4.78 is 10.9. The van der Waals surface area contributed by atoms with Gasteiger partial charge in [-0.05, 0) is 97.7 Å². The molecule has 5 nitrogen and oxygen atoms in total. The minimum Gasteiger partial charge on any atom is -0.492 e. The lowest BCUT2D eigenvalue weighted by atomic mass is 9.46. The van der Waals surface area contributed by atoms with Crippen molar-refractivity contribution in [2.24, 2.45) is 28.6 Å². The van der Waals surface area contributed by atoms with E-state index in [-0.39, 0.29) is 16.9 Å². The third kappa shape index (κ3) is 3.18. The maximum absolute atomic E-state index is 12.5. The summed E-state index contributed by atoms with van der Waals surface area (Å²) in [4.78, 5) is 19.0. The van der Waals surface area contributed by atoms with Crippen LogP contribution in [0.25, 0.3) is 5.57 Å². The second-order valence-corrected chi connectivity index (χ2v) is 10.9. The predicted octanol–water partition coefficient (Wildman–Crippen LogP) is 5.95. The number of fused-ring (bicyclic) bond motifs is 5. The van der Waals surface area contributed by atoms with Gasteiger partial charge in [-0.25, -0.2) is 4.79 Å². The third-order valence-electron chi connectivity index (χ3n) is 9.63. The second-order valence-electron chi connectivity index (χ2n) is 10.9. The third-order valence-corrected chi connectivity index (χ3v) is 9.63. The van der Waals surface area contributed by atoms with Crippen LogP contribution < -0.4 is 4.74 Å². The van der Waals surface area contributed by atoms with Crippen molar-refractivity contribution >= 4 is 11.7 Å². The number of aromatic nitrogens is 1. The van der Waals surface area contributed by atoms with Crippen LogP contribution in [0.5, 0.6) is 5.75 Å². The van der Waals surface area contributed by atoms with Gasteiger partial charge in [-0.1, -0.05) is 19.9 Å². The summed E-state index contributed by atoms with van der Waals surface area (Å²) in [5, 5.41) is 0. The van der Waals surface area contributed by atoms with Gasteiger partial charge in [-0.3, -0.25) is 4.98 Å². The average Bonchev–Trinajstić information content (AvgIpc) is 3.15. The van der Waals surface area contributed by atoms with Crippen LogP contribution >= 0.6 is 0 Å². The Morgan fingerprint density at radius 2 is 2.03 bits per heavy atom. The van der Waals surface area contributed by atoms with Crippen molar-refractivity contribution in [1.82, 2.24) is 9.88 Å². The molecule has 1 aliphatic heterocycles. The Morgan fingerprint density at radius 1 is 1.19 bits per heavy atom. The van der Waals surface area contributed by atoms with E-state index in [0.29, 0.717) is 24.5 Å². The number of methoxy groups -OCH3 is 1. The van der Waals surface area contributed by atoms with Gasteiger partial charge in [-0.2, -0.15) is 0 Å². The average molecular weight is 439 g/mol. The summed E-state index contributed by atoms with van der Waals surface area (Å²) >= 11 is 0. The first kappa shape index (κ1) is 21.8. The Kier molecular flexibility index (Phi) is 5.50. The molecular weight excluding hydrogens is 400 g/mol. The molecule has 2 saturated carbocycles. The molecular formula is C27H38N2O3. The highest BCUT2D eigenvalue weighted by atomic mass is 16.5. The fraction of sp³-hybridized carbons (Fsp3) is 0.704. The van der Waals surface area contributed by atoms with E-state index in [1.54, 1.807) is 0 Å². The normalized spacial score (nSPS) is 38.2. The first-order valence-electron chi connectivity index (χ1n) is 12.6. The molecule has 32 heavy (non-hydrogen) atoms. The number of hydrogen-bond acceptors (Lipinski definition) is 4. The van der Waals surface area contributed by atoms with E-state index < -0.39 is 0 Å². The van der Waals surface area contributed by atoms with Gasteiger partial charge in [0.25, 0.3) is 0 Å². The van der Waals surface area contributed by atoms with Crippen LogP contribution in [-0.2, 0) is 4.74 Å². The largest absolute Gasteiger partial charge is 0.492 e. The fourth-order valence-corrected chi connectivity index (χ4v) is 8.25. The van der Waals surface area contributed by atoms with Crippen molar-refractivity contribution in [2.75, 3.05) is 20.3 Å². The summed E-state index contributed by atoms with van der Waals surface area (Å²) in [6, 6.07) is 2.51. The number of carbonyl (C=O) groups is 1. The van der Waals surface area contributed by atoms with Crippen LogP contribution in [0.4, 0.5) is 4.79 Å². The van der Waals surface area contributed by atoms with Crippen LogP contribution in [0.3, 0.4) is 0 Å². The standard InChI is InChI=1S/C27H38N2O3/c1-5-32-19-15-18(16-28-17-19)21-8-9-22-20-7-10-24-27(3,23(20)11-13-26(21,22)2)12-6-14-29(24)25(30)31-4/h8,15-17,20,22-24H,5-7,9-14H2,1-4H3/t20-,22-,23-,24?,26+,27+/m0/s1. The summed E-state index contributed by atoms with van der Waals surface area (Å²) in [5.74, 6) is 2.96. The molecule has 174 valence electrons. The number of ether oxygens (including phenoxy) is 2. The number of pyridine rings is 1. The Hall–Kier alpha value is -2.04. The first-order valence-corrected chi connectivity index (χ1v) is 12.6. The zero-order valence-electron chi connectivity index (χ0n) is 20.1. The summed E-state index contributed by atoms with van der Waals surface area (Å²) in [5.41, 5.74) is 3.11. The van der Waals surface area contributed by atoms with Crippen LogP contribution in [0.2, 0.25) is 0 Å². The highest BCUT2D eigenvalue weighted by Crippen LogP contribution is 2.66. The highest BCUT2D eigenvalue weighted by molar-refractivity contribution is 5.73. The summed E-state index contributed by atoms with van der Waals surface area (Å²) in [6.45, 7) is 8.50. The molecule has 0 bridgehead atoms. The number of allylic oxidation sites excluding steroid dienone is 2. The maximum atomic E-state index is 12.5. The van der Waals surface area contributed by atoms with Gasteiger partial charge >= 0.3 is 6.09 Å². The van der Waals surface area contributed by atoms with Gasteiger partial charge < -0.3 is 14.4 Å². The number of amides is 1. The Morgan fingerprint density at radius 3 is 2.81 bits per heavy atom. The molecule has 0 spiro atoms. The smallest absolute Gasteiger partial charge is 0.409 e. The first-order chi connectivity index (χ1) is 15.4. The Labute approximate surface area is 192 Å². The number of hydrogen-bond donors (Lipinski definition) is 0. The molecule has 1 unspecified atom stereocenters. The molecule has 1 saturated heterocycles. The van der Waals surface area contributed by atoms with E-state index >= 15 is 0 Å². The van der Waals surface area contributed by atoms with Crippen molar-refractivity contribution in [3.05, 3.63) is 30.1 Å². The van der Waals surface area contributed by atoms with Crippen molar-refractivity contribution in [2.45, 2.75) is 71.8 Å². The summed E-state index contributed by atoms with van der Waals surface area (Å²) in [7, 11) is 1.52. The van der Waals surface area contributed by atoms with Gasteiger partial charge in [0.15, 0.2) is 0 Å². The molecule has 5 rings (SSSR count). The molecule has 0 aromatic carbocycles. The van der Waals surface area contributed by atoms with Gasteiger partial charge in [0.1, 0.15) is 5.75 Å². The van der Waals surface area contributed by atoms with E-state index in [1.807, 2.05) is 19.3 Å². The highest BCUT2D eigenvalue weighted by Gasteiger charge is 2.59. The minimum absolute atomic E-state index is 0.133. The molecule has 6 atom stereocenters. The lowest BCUT2D eigenvalue weighted by Crippen LogP contribution is -2.61. The van der Waals surface area contributed by atoms with Crippen molar-refractivity contribution < 1.29 is 14.3 Å². The summed E-state index contributed by atoms with van der Waals surface area (Å²) in [6.07, 6.45) is 14.5. The Bertz CT molecular complexity index is 914. The predicted molar refractivity (Wildman–Crippen MR) is 125 cm³/mol. The molecule has 1 aromatic heterocycles. The van der Waals surface area contributed by atoms with Gasteiger partial charge in [0.05, 0.1) is 19.9 Å². The molecule has 3 aliphatic carbocycles.